The number of hydrogen-bond donors (Lipinski definition) is 3. The van der Waals surface area contributed by atoms with E-state index >= 15 is 0 Å². The first-order valence-corrected chi connectivity index (χ1v) is 10.4. The first kappa shape index (κ1) is 17.8. The average Bonchev–Trinajstić information content (AvgIpc) is 2.96. The molecule has 0 spiro atoms. The van der Waals surface area contributed by atoms with Crippen LogP contribution >= 0.6 is 11.3 Å². The molecule has 1 aromatic rings. The largest absolute Gasteiger partial charge is 0.478 e. The highest BCUT2D eigenvalue weighted by Crippen LogP contribution is 2.34. The van der Waals surface area contributed by atoms with Crippen LogP contribution in [0.15, 0.2) is 4.21 Å². The molecular formula is C15H22N2O5S2. The van der Waals surface area contributed by atoms with Crippen LogP contribution < -0.4 is 10.0 Å². The molecule has 3 rings (SSSR count). The van der Waals surface area contributed by atoms with E-state index in [2.05, 4.69) is 10.0 Å². The summed E-state index contributed by atoms with van der Waals surface area (Å²) in [4.78, 5) is 12.4. The summed E-state index contributed by atoms with van der Waals surface area (Å²) in [6.07, 6.45) is 3.29. The monoisotopic (exact) mass is 374 g/mol. The van der Waals surface area contributed by atoms with Crippen molar-refractivity contribution in [1.82, 2.24) is 10.0 Å². The van der Waals surface area contributed by atoms with E-state index < -0.39 is 16.0 Å². The predicted molar refractivity (Wildman–Crippen MR) is 90.0 cm³/mol. The maximum absolute atomic E-state index is 12.6. The lowest BCUT2D eigenvalue weighted by Crippen LogP contribution is -2.29. The number of ether oxygens (including phenoxy) is 1. The summed E-state index contributed by atoms with van der Waals surface area (Å²) in [6.45, 7) is 2.93. The molecule has 0 saturated carbocycles. The van der Waals surface area contributed by atoms with E-state index in [-0.39, 0.29) is 9.77 Å². The summed E-state index contributed by atoms with van der Waals surface area (Å²) in [5.41, 5.74) is 0.609. The summed E-state index contributed by atoms with van der Waals surface area (Å²) >= 11 is 1.06. The summed E-state index contributed by atoms with van der Waals surface area (Å²) in [5, 5.41) is 12.6. The number of carboxylic acid groups (broad SMARTS) is 1. The summed E-state index contributed by atoms with van der Waals surface area (Å²) in [6, 6.07) is 0. The number of sulfonamides is 1. The van der Waals surface area contributed by atoms with Crippen LogP contribution in [-0.4, -0.2) is 45.8 Å². The molecule has 0 aliphatic carbocycles. The first-order chi connectivity index (χ1) is 11.5. The van der Waals surface area contributed by atoms with E-state index in [0.29, 0.717) is 50.6 Å². The second kappa shape index (κ2) is 7.49. The summed E-state index contributed by atoms with van der Waals surface area (Å²) in [5.74, 6) is -0.809. The third-order valence-corrected chi connectivity index (χ3v) is 7.66. The van der Waals surface area contributed by atoms with Crippen LogP contribution in [0.5, 0.6) is 0 Å². The minimum atomic E-state index is -3.81. The van der Waals surface area contributed by atoms with Gasteiger partial charge in [-0.15, -0.1) is 11.3 Å². The molecule has 1 fully saturated rings. The third kappa shape index (κ3) is 3.80. The molecule has 3 N–H and O–H groups in total. The van der Waals surface area contributed by atoms with Crippen molar-refractivity contribution >= 4 is 27.3 Å². The molecule has 0 amide bonds. The molecule has 1 saturated heterocycles. The quantitative estimate of drug-likeness (QED) is 0.691. The first-order valence-electron chi connectivity index (χ1n) is 8.15. The normalized spacial score (nSPS) is 21.4. The van der Waals surface area contributed by atoms with Gasteiger partial charge in [-0.05, 0) is 43.7 Å². The Hall–Kier alpha value is -1.00. The van der Waals surface area contributed by atoms with Gasteiger partial charge in [0.15, 0.2) is 0 Å². The van der Waals surface area contributed by atoms with Gasteiger partial charge in [0.05, 0.1) is 5.56 Å². The number of carboxylic acids is 1. The Kier molecular flexibility index (Phi) is 5.56. The maximum Gasteiger partial charge on any atom is 0.338 e. The molecule has 134 valence electrons. The van der Waals surface area contributed by atoms with Gasteiger partial charge in [0.1, 0.15) is 4.21 Å². The Labute approximate surface area is 145 Å². The van der Waals surface area contributed by atoms with Crippen molar-refractivity contribution in [2.24, 2.45) is 5.92 Å². The molecule has 7 nitrogen and oxygen atoms in total. The maximum atomic E-state index is 12.6. The van der Waals surface area contributed by atoms with Gasteiger partial charge in [-0.25, -0.2) is 17.9 Å². The van der Waals surface area contributed by atoms with Crippen molar-refractivity contribution in [3.8, 4) is 0 Å². The summed E-state index contributed by atoms with van der Waals surface area (Å²) in [7, 11) is -3.81. The SMILES string of the molecule is O=C(O)c1c(S(=O)(=O)NCCC2CCCOC2)sc2c1CCNC2. The smallest absolute Gasteiger partial charge is 0.338 e. The number of carbonyl (C=O) groups is 1. The fourth-order valence-corrected chi connectivity index (χ4v) is 6.17. The molecule has 9 heteroatoms. The van der Waals surface area contributed by atoms with E-state index in [4.69, 9.17) is 4.74 Å². The topological polar surface area (TPSA) is 105 Å². The number of rotatable bonds is 6. The van der Waals surface area contributed by atoms with Crippen molar-refractivity contribution in [2.45, 2.75) is 36.4 Å². The van der Waals surface area contributed by atoms with Crippen LogP contribution in [0.4, 0.5) is 0 Å². The lowest BCUT2D eigenvalue weighted by Gasteiger charge is -2.21. The van der Waals surface area contributed by atoms with Crippen molar-refractivity contribution in [3.63, 3.8) is 0 Å². The Morgan fingerprint density at radius 3 is 3.00 bits per heavy atom. The predicted octanol–water partition coefficient (Wildman–Crippen LogP) is 1.19. The third-order valence-electron chi connectivity index (χ3n) is 4.45. The number of nitrogens with one attached hydrogen (secondary N) is 2. The van der Waals surface area contributed by atoms with Crippen LogP contribution in [0.25, 0.3) is 0 Å². The molecule has 1 atom stereocenters. The van der Waals surface area contributed by atoms with Crippen LogP contribution in [0, 0.1) is 5.92 Å². The van der Waals surface area contributed by atoms with E-state index in [1.807, 2.05) is 0 Å². The van der Waals surface area contributed by atoms with E-state index in [9.17, 15) is 18.3 Å². The van der Waals surface area contributed by atoms with Gasteiger partial charge in [-0.3, -0.25) is 0 Å². The van der Waals surface area contributed by atoms with Gasteiger partial charge in [0.2, 0.25) is 0 Å². The Balaban J connectivity index is 1.74. The van der Waals surface area contributed by atoms with E-state index in [1.54, 1.807) is 0 Å². The minimum absolute atomic E-state index is 0.0509. The van der Waals surface area contributed by atoms with Crippen LogP contribution in [-0.2, 0) is 27.7 Å². The molecule has 2 aliphatic heterocycles. The number of thiophene rings is 1. The number of hydrogen-bond acceptors (Lipinski definition) is 6. The standard InChI is InChI=1S/C15H22N2O5S2/c18-14(19)13-11-4-5-16-8-12(11)23-15(13)24(20,21)17-6-3-10-2-1-7-22-9-10/h10,16-17H,1-9H2,(H,18,19). The molecule has 2 aliphatic rings. The van der Waals surface area contributed by atoms with E-state index in [1.165, 1.54) is 0 Å². The molecule has 24 heavy (non-hydrogen) atoms. The zero-order valence-corrected chi connectivity index (χ0v) is 15.0. The lowest BCUT2D eigenvalue weighted by molar-refractivity contribution is 0.0523. The second-order valence-electron chi connectivity index (χ2n) is 6.17. The van der Waals surface area contributed by atoms with Gasteiger partial charge in [0.25, 0.3) is 10.0 Å². The number of fused-ring (bicyclic) bond motifs is 1. The van der Waals surface area contributed by atoms with Crippen LogP contribution in [0.2, 0.25) is 0 Å². The Morgan fingerprint density at radius 2 is 2.29 bits per heavy atom. The zero-order chi connectivity index (χ0) is 17.2. The Morgan fingerprint density at radius 1 is 1.46 bits per heavy atom. The summed E-state index contributed by atoms with van der Waals surface area (Å²) < 4.78 is 33.1. The molecule has 0 radical (unpaired) electrons. The highest BCUT2D eigenvalue weighted by molar-refractivity contribution is 7.91. The van der Waals surface area contributed by atoms with E-state index in [0.717, 1.165) is 35.7 Å². The molecule has 1 aromatic heterocycles. The number of aromatic carboxylic acids is 1. The lowest BCUT2D eigenvalue weighted by atomic mass is 9.99. The Bertz CT molecular complexity index is 708. The zero-order valence-electron chi connectivity index (χ0n) is 13.3. The second-order valence-corrected chi connectivity index (χ2v) is 9.24. The van der Waals surface area contributed by atoms with Crippen molar-refractivity contribution in [2.75, 3.05) is 26.3 Å². The molecular weight excluding hydrogens is 352 g/mol. The average molecular weight is 374 g/mol. The van der Waals surface area contributed by atoms with Gasteiger partial charge >= 0.3 is 5.97 Å². The fraction of sp³-hybridized carbons (Fsp3) is 0.667. The minimum Gasteiger partial charge on any atom is -0.478 e. The molecule has 3 heterocycles. The highest BCUT2D eigenvalue weighted by atomic mass is 32.2. The molecule has 0 bridgehead atoms. The van der Waals surface area contributed by atoms with Gasteiger partial charge in [0, 0.05) is 31.2 Å². The van der Waals surface area contributed by atoms with Crippen LogP contribution in [0.1, 0.15) is 40.1 Å². The van der Waals surface area contributed by atoms with Gasteiger partial charge in [-0.2, -0.15) is 0 Å². The molecule has 0 aromatic carbocycles. The highest BCUT2D eigenvalue weighted by Gasteiger charge is 2.31. The van der Waals surface area contributed by atoms with Crippen LogP contribution in [0.3, 0.4) is 0 Å². The van der Waals surface area contributed by atoms with Crippen molar-refractivity contribution in [3.05, 3.63) is 16.0 Å². The van der Waals surface area contributed by atoms with Gasteiger partial charge < -0.3 is 15.2 Å². The van der Waals surface area contributed by atoms with Crippen molar-refractivity contribution in [1.29, 1.82) is 0 Å². The fourth-order valence-electron chi connectivity index (χ4n) is 3.21. The van der Waals surface area contributed by atoms with Crippen molar-refractivity contribution < 1.29 is 23.1 Å². The molecule has 1 unspecified atom stereocenters. The van der Waals surface area contributed by atoms with Gasteiger partial charge in [-0.1, -0.05) is 0 Å².